The van der Waals surface area contributed by atoms with Gasteiger partial charge < -0.3 is 20.3 Å². The van der Waals surface area contributed by atoms with Crippen molar-refractivity contribution in [3.05, 3.63) is 22.6 Å². The minimum Gasteiger partial charge on any atom is -0.444 e. The predicted octanol–water partition coefficient (Wildman–Crippen LogP) is 1.64. The van der Waals surface area contributed by atoms with Gasteiger partial charge in [-0.2, -0.15) is 0 Å². The Hall–Kier alpha value is -1.50. The van der Waals surface area contributed by atoms with Gasteiger partial charge in [0.05, 0.1) is 0 Å². The molecule has 0 spiro atoms. The molecule has 0 radical (unpaired) electrons. The maximum Gasteiger partial charge on any atom is 0.289 e. The van der Waals surface area contributed by atoms with Gasteiger partial charge in [0, 0.05) is 19.5 Å². The second-order valence-electron chi connectivity index (χ2n) is 3.66. The summed E-state index contributed by atoms with van der Waals surface area (Å²) in [5, 5.41) is 11.3. The molecule has 0 aliphatic heterocycles. The summed E-state index contributed by atoms with van der Waals surface area (Å²) in [6.45, 7) is 1.80. The van der Waals surface area contributed by atoms with Gasteiger partial charge in [-0.25, -0.2) is 0 Å². The topological polar surface area (TPSA) is 92.1 Å². The Bertz CT molecular complexity index is 430. The van der Waals surface area contributed by atoms with Crippen molar-refractivity contribution in [3.8, 4) is 0 Å². The molecule has 0 saturated carbocycles. The number of amidine groups is 1. The first-order valence-electron chi connectivity index (χ1n) is 4.94. The van der Waals surface area contributed by atoms with Gasteiger partial charge in [0.25, 0.3) is 5.91 Å². The summed E-state index contributed by atoms with van der Waals surface area (Å²) >= 11 is 3.13. The van der Waals surface area contributed by atoms with Crippen LogP contribution in [0.15, 0.2) is 26.4 Å². The minimum atomic E-state index is -0.256. The van der Waals surface area contributed by atoms with Crippen molar-refractivity contribution < 1.29 is 14.4 Å². The molecule has 94 valence electrons. The zero-order chi connectivity index (χ0) is 13.0. The van der Waals surface area contributed by atoms with Gasteiger partial charge in [-0.3, -0.25) is 4.79 Å². The van der Waals surface area contributed by atoms with E-state index < -0.39 is 0 Å². The summed E-state index contributed by atoms with van der Waals surface area (Å²) in [6.07, 6.45) is 0.292. The number of nitrogens with zero attached hydrogens (tertiary/aromatic N) is 2. The third-order valence-electron chi connectivity index (χ3n) is 2.40. The van der Waals surface area contributed by atoms with Crippen molar-refractivity contribution in [3.63, 3.8) is 0 Å². The highest BCUT2D eigenvalue weighted by Gasteiger charge is 2.21. The quantitative estimate of drug-likeness (QED) is 0.383. The zero-order valence-electron chi connectivity index (χ0n) is 9.55. The van der Waals surface area contributed by atoms with Crippen LogP contribution in [0, 0.1) is 0 Å². The van der Waals surface area contributed by atoms with Crippen LogP contribution in [0.5, 0.6) is 0 Å². The van der Waals surface area contributed by atoms with E-state index in [1.54, 1.807) is 26.1 Å². The highest BCUT2D eigenvalue weighted by atomic mass is 79.9. The van der Waals surface area contributed by atoms with E-state index in [1.807, 2.05) is 0 Å². The van der Waals surface area contributed by atoms with Crippen LogP contribution in [-0.4, -0.2) is 34.9 Å². The van der Waals surface area contributed by atoms with Gasteiger partial charge in [-0.05, 0) is 35.0 Å². The zero-order valence-corrected chi connectivity index (χ0v) is 11.1. The minimum absolute atomic E-state index is 0.0813. The second-order valence-corrected chi connectivity index (χ2v) is 4.45. The fourth-order valence-electron chi connectivity index (χ4n) is 1.28. The van der Waals surface area contributed by atoms with Crippen LogP contribution in [0.3, 0.4) is 0 Å². The average molecular weight is 304 g/mol. The number of halogens is 1. The van der Waals surface area contributed by atoms with Crippen LogP contribution in [-0.2, 0) is 0 Å². The first kappa shape index (κ1) is 13.6. The molecule has 1 unspecified atom stereocenters. The normalized spacial score (nSPS) is 13.5. The molecule has 1 atom stereocenters. The van der Waals surface area contributed by atoms with Crippen molar-refractivity contribution in [2.24, 2.45) is 10.9 Å². The summed E-state index contributed by atoms with van der Waals surface area (Å²) < 4.78 is 5.66. The highest BCUT2D eigenvalue weighted by Crippen LogP contribution is 2.16. The lowest BCUT2D eigenvalue weighted by Crippen LogP contribution is -2.37. The first-order chi connectivity index (χ1) is 7.95. The Morgan fingerprint density at radius 1 is 1.71 bits per heavy atom. The number of oxime groups is 1. The van der Waals surface area contributed by atoms with Crippen molar-refractivity contribution in [2.75, 3.05) is 7.05 Å². The van der Waals surface area contributed by atoms with E-state index in [2.05, 4.69) is 21.1 Å². The molecule has 1 aromatic heterocycles. The molecule has 1 rings (SSSR count). The van der Waals surface area contributed by atoms with Gasteiger partial charge in [0.15, 0.2) is 10.4 Å². The number of carbonyl (C=O) groups is 1. The van der Waals surface area contributed by atoms with Crippen LogP contribution in [0.4, 0.5) is 0 Å². The molecule has 1 aromatic rings. The van der Waals surface area contributed by atoms with E-state index in [4.69, 9.17) is 15.4 Å². The lowest BCUT2D eigenvalue weighted by molar-refractivity contribution is 0.0713. The Kier molecular flexibility index (Phi) is 4.56. The van der Waals surface area contributed by atoms with Gasteiger partial charge in [0.2, 0.25) is 0 Å². The monoisotopic (exact) mass is 303 g/mol. The van der Waals surface area contributed by atoms with Gasteiger partial charge in [-0.1, -0.05) is 5.16 Å². The third-order valence-corrected chi connectivity index (χ3v) is 2.82. The molecule has 0 bridgehead atoms. The summed E-state index contributed by atoms with van der Waals surface area (Å²) in [4.78, 5) is 13.4. The maximum atomic E-state index is 11.9. The summed E-state index contributed by atoms with van der Waals surface area (Å²) in [5.41, 5.74) is 5.39. The molecule has 0 saturated heterocycles. The Balaban J connectivity index is 2.69. The average Bonchev–Trinajstić information content (AvgIpc) is 2.73. The standard InChI is InChI=1S/C10H14BrN3O3/c1-6(5-9(12)13-16)14(2)10(15)7-3-4-8(11)17-7/h3-4,6,16H,5H2,1-2H3,(H2,12,13). The molecule has 1 amide bonds. The van der Waals surface area contributed by atoms with Crippen LogP contribution < -0.4 is 5.73 Å². The number of rotatable bonds is 4. The van der Waals surface area contributed by atoms with E-state index in [0.717, 1.165) is 0 Å². The number of hydrogen-bond donors (Lipinski definition) is 2. The molecule has 1 heterocycles. The van der Waals surface area contributed by atoms with Crippen LogP contribution in [0.25, 0.3) is 0 Å². The van der Waals surface area contributed by atoms with Crippen molar-refractivity contribution in [1.82, 2.24) is 4.90 Å². The molecule has 17 heavy (non-hydrogen) atoms. The molecular formula is C10H14BrN3O3. The van der Waals surface area contributed by atoms with Crippen LogP contribution in [0.1, 0.15) is 23.9 Å². The van der Waals surface area contributed by atoms with Crippen LogP contribution in [0.2, 0.25) is 0 Å². The molecule has 6 nitrogen and oxygen atoms in total. The molecule has 3 N–H and O–H groups in total. The SMILES string of the molecule is CC(CC(N)=NO)N(C)C(=O)c1ccc(Br)o1. The smallest absolute Gasteiger partial charge is 0.289 e. The molecule has 0 aliphatic rings. The molecule has 7 heteroatoms. The summed E-state index contributed by atoms with van der Waals surface area (Å²) in [7, 11) is 1.63. The van der Waals surface area contributed by atoms with E-state index >= 15 is 0 Å². The largest absolute Gasteiger partial charge is 0.444 e. The van der Waals surface area contributed by atoms with Crippen molar-refractivity contribution in [2.45, 2.75) is 19.4 Å². The molecule has 0 aromatic carbocycles. The molecular weight excluding hydrogens is 290 g/mol. The summed E-state index contributed by atoms with van der Waals surface area (Å²) in [5.74, 6) is 0.0671. The number of nitrogens with two attached hydrogens (primary N) is 1. The number of amides is 1. The van der Waals surface area contributed by atoms with E-state index in [9.17, 15) is 4.79 Å². The Labute approximate surface area is 107 Å². The fraction of sp³-hybridized carbons (Fsp3) is 0.400. The summed E-state index contributed by atoms with van der Waals surface area (Å²) in [6, 6.07) is 3.04. The van der Waals surface area contributed by atoms with E-state index in [-0.39, 0.29) is 23.5 Å². The Morgan fingerprint density at radius 2 is 2.35 bits per heavy atom. The predicted molar refractivity (Wildman–Crippen MR) is 66.0 cm³/mol. The molecule has 0 aliphatic carbocycles. The van der Waals surface area contributed by atoms with E-state index in [0.29, 0.717) is 11.1 Å². The number of carbonyl (C=O) groups excluding carboxylic acids is 1. The van der Waals surface area contributed by atoms with Gasteiger partial charge in [0.1, 0.15) is 5.84 Å². The Morgan fingerprint density at radius 3 is 2.82 bits per heavy atom. The number of furan rings is 1. The number of hydrogen-bond acceptors (Lipinski definition) is 4. The van der Waals surface area contributed by atoms with Gasteiger partial charge in [-0.15, -0.1) is 0 Å². The second kappa shape index (κ2) is 5.72. The molecule has 0 fully saturated rings. The first-order valence-corrected chi connectivity index (χ1v) is 5.74. The maximum absolute atomic E-state index is 11.9. The lowest BCUT2D eigenvalue weighted by Gasteiger charge is -2.23. The van der Waals surface area contributed by atoms with Gasteiger partial charge >= 0.3 is 0 Å². The van der Waals surface area contributed by atoms with Crippen molar-refractivity contribution in [1.29, 1.82) is 0 Å². The third kappa shape index (κ3) is 3.48. The highest BCUT2D eigenvalue weighted by molar-refractivity contribution is 9.10. The lowest BCUT2D eigenvalue weighted by atomic mass is 10.2. The van der Waals surface area contributed by atoms with Crippen molar-refractivity contribution >= 4 is 27.7 Å². The van der Waals surface area contributed by atoms with Crippen LogP contribution >= 0.6 is 15.9 Å². The van der Waals surface area contributed by atoms with E-state index in [1.165, 1.54) is 4.90 Å². The fourth-order valence-corrected chi connectivity index (χ4v) is 1.59.